The highest BCUT2D eigenvalue weighted by Gasteiger charge is 2.33. The first-order chi connectivity index (χ1) is 12.9. The fourth-order valence-corrected chi connectivity index (χ4v) is 3.58. The van der Waals surface area contributed by atoms with Crippen molar-refractivity contribution in [2.45, 2.75) is 18.6 Å². The minimum Gasteiger partial charge on any atom is -0.481 e. The van der Waals surface area contributed by atoms with Gasteiger partial charge in [-0.15, -0.1) is 0 Å². The summed E-state index contributed by atoms with van der Waals surface area (Å²) < 4.78 is 55.2. The lowest BCUT2D eigenvalue weighted by Gasteiger charge is -2.17. The van der Waals surface area contributed by atoms with Crippen LogP contribution in [0.4, 0.5) is 17.6 Å². The summed E-state index contributed by atoms with van der Waals surface area (Å²) in [5.41, 5.74) is 7.86. The molecule has 1 aliphatic heterocycles. The van der Waals surface area contributed by atoms with E-state index in [1.54, 1.807) is 6.07 Å². The van der Waals surface area contributed by atoms with Crippen molar-refractivity contribution in [3.63, 3.8) is 0 Å². The zero-order chi connectivity index (χ0) is 19.4. The molecule has 2 aromatic rings. The molecule has 3 nitrogen and oxygen atoms in total. The zero-order valence-electron chi connectivity index (χ0n) is 14.8. The monoisotopic (exact) mass is 382 g/mol. The number of benzene rings is 2. The van der Waals surface area contributed by atoms with Crippen LogP contribution in [0.2, 0.25) is 0 Å². The van der Waals surface area contributed by atoms with Gasteiger partial charge in [0, 0.05) is 25.6 Å². The molecule has 1 saturated heterocycles. The summed E-state index contributed by atoms with van der Waals surface area (Å²) >= 11 is 0. The average Bonchev–Trinajstić information content (AvgIpc) is 3.04. The van der Waals surface area contributed by atoms with Gasteiger partial charge in [-0.05, 0) is 35.7 Å². The van der Waals surface area contributed by atoms with Crippen LogP contribution in [0.25, 0.3) is 0 Å². The molecule has 1 fully saturated rings. The standard InChI is InChI=1S/C20H22F4N2O/c21-18-8-14(6-7-19(18)27-13-20(22,23)24)10-26-11-16(9-25)17(12-26)15-4-2-1-3-5-15/h1-8,16-17H,9-13,25H2/t16-,17+/m1/s1. The third-order valence-electron chi connectivity index (χ3n) is 4.84. The Morgan fingerprint density at radius 1 is 1.07 bits per heavy atom. The largest absolute Gasteiger partial charge is 0.481 e. The zero-order valence-corrected chi connectivity index (χ0v) is 14.8. The number of hydrogen-bond acceptors (Lipinski definition) is 3. The molecular formula is C20H22F4N2O. The normalized spacial score (nSPS) is 20.8. The first-order valence-corrected chi connectivity index (χ1v) is 8.81. The second kappa shape index (κ2) is 8.27. The number of hydrogen-bond donors (Lipinski definition) is 1. The van der Waals surface area contributed by atoms with E-state index >= 15 is 0 Å². The quantitative estimate of drug-likeness (QED) is 0.769. The molecule has 146 valence electrons. The van der Waals surface area contributed by atoms with Crippen molar-refractivity contribution in [1.82, 2.24) is 4.90 Å². The van der Waals surface area contributed by atoms with Gasteiger partial charge in [0.2, 0.25) is 0 Å². The van der Waals surface area contributed by atoms with Gasteiger partial charge in [0.1, 0.15) is 0 Å². The van der Waals surface area contributed by atoms with E-state index in [-0.39, 0.29) is 5.75 Å². The van der Waals surface area contributed by atoms with Crippen LogP contribution in [-0.2, 0) is 6.54 Å². The first-order valence-electron chi connectivity index (χ1n) is 8.81. The predicted octanol–water partition coefficient (Wildman–Crippen LogP) is 3.94. The predicted molar refractivity (Wildman–Crippen MR) is 95.0 cm³/mol. The lowest BCUT2D eigenvalue weighted by atomic mass is 9.89. The molecule has 7 heteroatoms. The van der Waals surface area contributed by atoms with Crippen LogP contribution < -0.4 is 10.5 Å². The van der Waals surface area contributed by atoms with Gasteiger partial charge in [-0.2, -0.15) is 13.2 Å². The molecule has 27 heavy (non-hydrogen) atoms. The minimum atomic E-state index is -4.50. The molecule has 2 atom stereocenters. The van der Waals surface area contributed by atoms with Crippen LogP contribution in [0, 0.1) is 11.7 Å². The van der Waals surface area contributed by atoms with Gasteiger partial charge < -0.3 is 10.5 Å². The van der Waals surface area contributed by atoms with Crippen molar-refractivity contribution in [1.29, 1.82) is 0 Å². The first kappa shape index (κ1) is 19.6. The average molecular weight is 382 g/mol. The molecule has 1 aliphatic rings. The molecular weight excluding hydrogens is 360 g/mol. The lowest BCUT2D eigenvalue weighted by molar-refractivity contribution is -0.153. The SMILES string of the molecule is NC[C@@H]1CN(Cc2ccc(OCC(F)(F)F)c(F)c2)C[C@H]1c1ccccc1. The molecule has 0 aliphatic carbocycles. The summed E-state index contributed by atoms with van der Waals surface area (Å²) in [6.45, 7) is 1.17. The molecule has 0 bridgehead atoms. The smallest absolute Gasteiger partial charge is 0.422 e. The third kappa shape index (κ3) is 5.20. The van der Waals surface area contributed by atoms with E-state index in [1.807, 2.05) is 18.2 Å². The molecule has 0 unspecified atom stereocenters. The Morgan fingerprint density at radius 2 is 1.81 bits per heavy atom. The van der Waals surface area contributed by atoms with Crippen molar-refractivity contribution < 1.29 is 22.3 Å². The minimum absolute atomic E-state index is 0.312. The van der Waals surface area contributed by atoms with Crippen LogP contribution >= 0.6 is 0 Å². The van der Waals surface area contributed by atoms with E-state index in [2.05, 4.69) is 21.8 Å². The van der Waals surface area contributed by atoms with E-state index in [0.717, 1.165) is 13.1 Å². The van der Waals surface area contributed by atoms with Crippen LogP contribution in [0.15, 0.2) is 48.5 Å². The second-order valence-corrected chi connectivity index (χ2v) is 6.88. The summed E-state index contributed by atoms with van der Waals surface area (Å²) in [5, 5.41) is 0. The molecule has 3 rings (SSSR count). The summed E-state index contributed by atoms with van der Waals surface area (Å²) in [5.74, 6) is -0.549. The Morgan fingerprint density at radius 3 is 2.44 bits per heavy atom. The van der Waals surface area contributed by atoms with Crippen LogP contribution in [0.5, 0.6) is 5.75 Å². The Bertz CT molecular complexity index is 751. The van der Waals surface area contributed by atoms with Crippen LogP contribution in [0.1, 0.15) is 17.0 Å². The maximum absolute atomic E-state index is 14.1. The van der Waals surface area contributed by atoms with Gasteiger partial charge in [-0.25, -0.2) is 4.39 Å². The maximum atomic E-state index is 14.1. The number of halogens is 4. The maximum Gasteiger partial charge on any atom is 0.422 e. The number of ether oxygens (including phenoxy) is 1. The highest BCUT2D eigenvalue weighted by molar-refractivity contribution is 5.30. The molecule has 0 spiro atoms. The van der Waals surface area contributed by atoms with Crippen molar-refractivity contribution in [3.8, 4) is 5.75 Å². The van der Waals surface area contributed by atoms with Gasteiger partial charge >= 0.3 is 6.18 Å². The fourth-order valence-electron chi connectivity index (χ4n) is 3.58. The highest BCUT2D eigenvalue weighted by atomic mass is 19.4. The molecule has 2 N–H and O–H groups in total. The van der Waals surface area contributed by atoms with Crippen molar-refractivity contribution in [3.05, 3.63) is 65.5 Å². The Hall–Kier alpha value is -2.12. The van der Waals surface area contributed by atoms with Gasteiger partial charge in [-0.3, -0.25) is 4.90 Å². The molecule has 0 saturated carbocycles. The summed E-state index contributed by atoms with van der Waals surface area (Å²) in [4.78, 5) is 2.19. The molecule has 1 heterocycles. The molecule has 0 amide bonds. The topological polar surface area (TPSA) is 38.5 Å². The highest BCUT2D eigenvalue weighted by Crippen LogP contribution is 2.33. The number of nitrogens with zero attached hydrogens (tertiary/aromatic N) is 1. The molecule has 2 aromatic carbocycles. The number of rotatable bonds is 6. The molecule has 0 radical (unpaired) electrons. The van der Waals surface area contributed by atoms with Gasteiger partial charge in [-0.1, -0.05) is 36.4 Å². The van der Waals surface area contributed by atoms with Crippen molar-refractivity contribution >= 4 is 0 Å². The van der Waals surface area contributed by atoms with E-state index < -0.39 is 18.6 Å². The second-order valence-electron chi connectivity index (χ2n) is 6.88. The van der Waals surface area contributed by atoms with E-state index in [1.165, 1.54) is 17.7 Å². The van der Waals surface area contributed by atoms with Crippen molar-refractivity contribution in [2.24, 2.45) is 11.7 Å². The summed E-state index contributed by atoms with van der Waals surface area (Å²) in [7, 11) is 0. The Balaban J connectivity index is 1.64. The van der Waals surface area contributed by atoms with Crippen LogP contribution in [-0.4, -0.2) is 37.3 Å². The number of likely N-dealkylation sites (tertiary alicyclic amines) is 1. The lowest BCUT2D eigenvalue weighted by Crippen LogP contribution is -2.23. The van der Waals surface area contributed by atoms with E-state index in [9.17, 15) is 17.6 Å². The van der Waals surface area contributed by atoms with Crippen molar-refractivity contribution in [2.75, 3.05) is 26.2 Å². The Labute approximate surface area is 155 Å². The van der Waals surface area contributed by atoms with Crippen LogP contribution in [0.3, 0.4) is 0 Å². The Kier molecular flexibility index (Phi) is 6.01. The van der Waals surface area contributed by atoms with Gasteiger partial charge in [0.05, 0.1) is 0 Å². The fraction of sp³-hybridized carbons (Fsp3) is 0.400. The summed E-state index contributed by atoms with van der Waals surface area (Å²) in [6.07, 6.45) is -4.50. The van der Waals surface area contributed by atoms with E-state index in [0.29, 0.717) is 30.5 Å². The number of nitrogens with two attached hydrogens (primary N) is 1. The van der Waals surface area contributed by atoms with Gasteiger partial charge in [0.15, 0.2) is 18.2 Å². The van der Waals surface area contributed by atoms with Gasteiger partial charge in [0.25, 0.3) is 0 Å². The third-order valence-corrected chi connectivity index (χ3v) is 4.84. The number of alkyl halides is 3. The molecule has 0 aromatic heterocycles. The summed E-state index contributed by atoms with van der Waals surface area (Å²) in [6, 6.07) is 14.2. The van der Waals surface area contributed by atoms with E-state index in [4.69, 9.17) is 5.73 Å².